The average molecular weight is 259 g/mol. The Labute approximate surface area is 106 Å². The number of hydrogen-bond donors (Lipinski definition) is 1. The van der Waals surface area contributed by atoms with Crippen molar-refractivity contribution in [2.24, 2.45) is 11.7 Å². The monoisotopic (exact) mass is 258 g/mol. The van der Waals surface area contributed by atoms with E-state index < -0.39 is 6.04 Å². The van der Waals surface area contributed by atoms with Crippen molar-refractivity contribution in [1.82, 2.24) is 0 Å². The van der Waals surface area contributed by atoms with Crippen molar-refractivity contribution in [2.75, 3.05) is 11.4 Å². The molecule has 3 nitrogen and oxygen atoms in total. The summed E-state index contributed by atoms with van der Waals surface area (Å²) < 4.78 is 13.1. The number of nitrogens with zero attached hydrogens (tertiary/aromatic N) is 1. The highest BCUT2D eigenvalue weighted by molar-refractivity contribution is 6.04. The molecule has 1 aromatic rings. The molecule has 1 heterocycles. The quantitative estimate of drug-likeness (QED) is 0.884. The summed E-state index contributed by atoms with van der Waals surface area (Å²) in [7, 11) is 0. The zero-order valence-electron chi connectivity index (χ0n) is 9.81. The van der Waals surface area contributed by atoms with E-state index in [2.05, 4.69) is 0 Å². The number of fused-ring (bicyclic) bond motifs is 1. The lowest BCUT2D eigenvalue weighted by Crippen LogP contribution is -2.34. The van der Waals surface area contributed by atoms with E-state index in [1.165, 1.54) is 12.1 Å². The predicted molar refractivity (Wildman–Crippen MR) is 67.8 cm³/mol. The minimum atomic E-state index is -0.718. The van der Waals surface area contributed by atoms with Crippen LogP contribution < -0.4 is 10.6 Å². The highest BCUT2D eigenvalue weighted by Crippen LogP contribution is 2.35. The number of rotatable bonds is 2. The lowest BCUT2D eigenvalue weighted by Gasteiger charge is -2.19. The Morgan fingerprint density at radius 2 is 2.12 bits per heavy atom. The summed E-state index contributed by atoms with van der Waals surface area (Å²) in [5.41, 5.74) is 7.10. The summed E-state index contributed by atoms with van der Waals surface area (Å²) in [6, 6.07) is 3.61. The lowest BCUT2D eigenvalue weighted by atomic mass is 10.1. The van der Waals surface area contributed by atoms with Gasteiger partial charge in [0, 0.05) is 17.8 Å². The number of benzene rings is 1. The van der Waals surface area contributed by atoms with E-state index in [0.29, 0.717) is 18.0 Å². The Hall–Kier alpha value is -1.13. The molecule has 0 bridgehead atoms. The first-order valence-electron chi connectivity index (χ1n) is 5.37. The third-order valence-corrected chi connectivity index (χ3v) is 2.70. The van der Waals surface area contributed by atoms with Crippen LogP contribution in [0.3, 0.4) is 0 Å². The second kappa shape index (κ2) is 5.02. The molecule has 5 heteroatoms. The Kier molecular flexibility index (Phi) is 4.11. The molecule has 2 N–H and O–H groups in total. The molecular weight excluding hydrogens is 243 g/mol. The molecule has 1 aliphatic heterocycles. The van der Waals surface area contributed by atoms with E-state index in [-0.39, 0.29) is 24.1 Å². The molecule has 17 heavy (non-hydrogen) atoms. The third-order valence-electron chi connectivity index (χ3n) is 2.70. The molecule has 0 saturated heterocycles. The summed E-state index contributed by atoms with van der Waals surface area (Å²) in [6.07, 6.45) is 0. The summed E-state index contributed by atoms with van der Waals surface area (Å²) in [6.45, 7) is 4.67. The Balaban J connectivity index is 0.00000144. The summed E-state index contributed by atoms with van der Waals surface area (Å²) >= 11 is 0. The van der Waals surface area contributed by atoms with Crippen LogP contribution in [0.15, 0.2) is 18.2 Å². The molecular formula is C12H16ClFN2O. The molecule has 1 aromatic carbocycles. The van der Waals surface area contributed by atoms with Gasteiger partial charge in [-0.15, -0.1) is 12.4 Å². The lowest BCUT2D eigenvalue weighted by molar-refractivity contribution is -0.119. The van der Waals surface area contributed by atoms with Crippen LogP contribution in [0.2, 0.25) is 0 Å². The van der Waals surface area contributed by atoms with Gasteiger partial charge in [-0.1, -0.05) is 13.8 Å². The maximum Gasteiger partial charge on any atom is 0.248 e. The molecule has 0 spiro atoms. The molecule has 2 rings (SSSR count). The number of carbonyl (C=O) groups is 1. The highest BCUT2D eigenvalue weighted by atomic mass is 35.5. The van der Waals surface area contributed by atoms with Gasteiger partial charge < -0.3 is 10.6 Å². The van der Waals surface area contributed by atoms with Crippen LogP contribution in [-0.4, -0.2) is 12.5 Å². The van der Waals surface area contributed by atoms with Crippen LogP contribution >= 0.6 is 12.4 Å². The zero-order valence-corrected chi connectivity index (χ0v) is 10.6. The molecule has 0 fully saturated rings. The topological polar surface area (TPSA) is 46.3 Å². The fourth-order valence-electron chi connectivity index (χ4n) is 1.99. The van der Waals surface area contributed by atoms with Crippen LogP contribution in [0.25, 0.3) is 0 Å². The van der Waals surface area contributed by atoms with Crippen molar-refractivity contribution in [3.63, 3.8) is 0 Å². The largest absolute Gasteiger partial charge is 0.316 e. The minimum absolute atomic E-state index is 0. The van der Waals surface area contributed by atoms with E-state index in [0.717, 1.165) is 5.69 Å². The van der Waals surface area contributed by atoms with Gasteiger partial charge in [-0.2, -0.15) is 0 Å². The molecule has 1 atom stereocenters. The van der Waals surface area contributed by atoms with Crippen LogP contribution in [0.4, 0.5) is 10.1 Å². The van der Waals surface area contributed by atoms with Gasteiger partial charge in [0.2, 0.25) is 5.91 Å². The fourth-order valence-corrected chi connectivity index (χ4v) is 1.99. The van der Waals surface area contributed by atoms with E-state index >= 15 is 0 Å². The number of amides is 1. The molecule has 0 aromatic heterocycles. The first-order valence-corrected chi connectivity index (χ1v) is 5.37. The Morgan fingerprint density at radius 3 is 2.71 bits per heavy atom. The number of halogens is 2. The molecule has 0 aliphatic carbocycles. The molecule has 1 amide bonds. The first-order chi connectivity index (χ1) is 7.50. The Morgan fingerprint density at radius 1 is 1.47 bits per heavy atom. The molecule has 0 saturated carbocycles. The number of carbonyl (C=O) groups excluding carboxylic acids is 1. The molecule has 1 aliphatic rings. The van der Waals surface area contributed by atoms with E-state index in [1.54, 1.807) is 11.0 Å². The number of nitrogens with two attached hydrogens (primary N) is 1. The van der Waals surface area contributed by atoms with E-state index in [1.807, 2.05) is 13.8 Å². The van der Waals surface area contributed by atoms with Crippen LogP contribution in [0, 0.1) is 11.7 Å². The van der Waals surface area contributed by atoms with Crippen molar-refractivity contribution in [3.8, 4) is 0 Å². The van der Waals surface area contributed by atoms with E-state index in [9.17, 15) is 9.18 Å². The number of anilines is 1. The first kappa shape index (κ1) is 13.9. The van der Waals surface area contributed by atoms with Crippen LogP contribution in [-0.2, 0) is 4.79 Å². The zero-order chi connectivity index (χ0) is 11.9. The van der Waals surface area contributed by atoms with Crippen molar-refractivity contribution in [3.05, 3.63) is 29.6 Å². The average Bonchev–Trinajstić information content (AvgIpc) is 2.43. The van der Waals surface area contributed by atoms with Crippen molar-refractivity contribution < 1.29 is 9.18 Å². The maximum absolute atomic E-state index is 13.1. The second-order valence-corrected chi connectivity index (χ2v) is 4.52. The van der Waals surface area contributed by atoms with E-state index in [4.69, 9.17) is 5.73 Å². The summed E-state index contributed by atoms with van der Waals surface area (Å²) in [5.74, 6) is -0.144. The highest BCUT2D eigenvalue weighted by Gasteiger charge is 2.34. The van der Waals surface area contributed by atoms with Crippen LogP contribution in [0.5, 0.6) is 0 Å². The molecule has 0 radical (unpaired) electrons. The van der Waals surface area contributed by atoms with Gasteiger partial charge in [0.1, 0.15) is 11.9 Å². The van der Waals surface area contributed by atoms with Gasteiger partial charge >= 0.3 is 0 Å². The predicted octanol–water partition coefficient (Wildman–Crippen LogP) is 2.25. The van der Waals surface area contributed by atoms with Gasteiger partial charge in [0.25, 0.3) is 0 Å². The smallest absolute Gasteiger partial charge is 0.248 e. The second-order valence-electron chi connectivity index (χ2n) is 4.52. The fraction of sp³-hybridized carbons (Fsp3) is 0.417. The molecule has 94 valence electrons. The van der Waals surface area contributed by atoms with Crippen molar-refractivity contribution in [1.29, 1.82) is 0 Å². The SMILES string of the molecule is CC(C)CN1C(=O)C(N)c2cc(F)ccc21.Cl. The van der Waals surface area contributed by atoms with Gasteiger partial charge in [-0.05, 0) is 24.1 Å². The van der Waals surface area contributed by atoms with Gasteiger partial charge in [-0.3, -0.25) is 4.79 Å². The standard InChI is InChI=1S/C12H15FN2O.ClH/c1-7(2)6-15-10-4-3-8(13)5-9(10)11(14)12(15)16;/h3-5,7,11H,6,14H2,1-2H3;1H. The summed E-state index contributed by atoms with van der Waals surface area (Å²) in [4.78, 5) is 13.5. The van der Waals surface area contributed by atoms with Gasteiger partial charge in [-0.25, -0.2) is 4.39 Å². The minimum Gasteiger partial charge on any atom is -0.316 e. The van der Waals surface area contributed by atoms with Gasteiger partial charge in [0.05, 0.1) is 0 Å². The number of hydrogen-bond acceptors (Lipinski definition) is 2. The van der Waals surface area contributed by atoms with Crippen molar-refractivity contribution >= 4 is 24.0 Å². The van der Waals surface area contributed by atoms with Crippen molar-refractivity contribution in [2.45, 2.75) is 19.9 Å². The Bertz CT molecular complexity index is 437. The van der Waals surface area contributed by atoms with Gasteiger partial charge in [0.15, 0.2) is 0 Å². The normalized spacial score (nSPS) is 18.3. The molecule has 1 unspecified atom stereocenters. The van der Waals surface area contributed by atoms with Crippen LogP contribution in [0.1, 0.15) is 25.5 Å². The maximum atomic E-state index is 13.1. The third kappa shape index (κ3) is 2.42. The summed E-state index contributed by atoms with van der Waals surface area (Å²) in [5, 5.41) is 0.